The topological polar surface area (TPSA) is 55.3 Å². The van der Waals surface area contributed by atoms with Gasteiger partial charge in [0, 0.05) is 18.9 Å². The van der Waals surface area contributed by atoms with E-state index >= 15 is 0 Å². The van der Waals surface area contributed by atoms with Crippen LogP contribution in [0.4, 0.5) is 4.39 Å². The molecule has 2 aromatic heterocycles. The Bertz CT molecular complexity index is 1060. The molecule has 0 radical (unpaired) electrons. The lowest BCUT2D eigenvalue weighted by atomic mass is 9.88. The fourth-order valence-electron chi connectivity index (χ4n) is 4.74. The van der Waals surface area contributed by atoms with Gasteiger partial charge in [0.05, 0.1) is 36.1 Å². The van der Waals surface area contributed by atoms with Gasteiger partial charge in [0.15, 0.2) is 0 Å². The molecule has 0 aliphatic carbocycles. The lowest BCUT2D eigenvalue weighted by Gasteiger charge is -2.42. The average molecular weight is 434 g/mol. The first kappa shape index (κ1) is 22.1. The largest absolute Gasteiger partial charge is 0.465 e. The third-order valence-corrected chi connectivity index (χ3v) is 6.32. The number of aryl methyl sites for hydroxylation is 2. The molecule has 6 heteroatoms. The van der Waals surface area contributed by atoms with Crippen molar-refractivity contribution >= 4 is 5.97 Å². The highest BCUT2D eigenvalue weighted by Gasteiger charge is 2.36. The summed E-state index contributed by atoms with van der Waals surface area (Å²) >= 11 is 0. The highest BCUT2D eigenvalue weighted by molar-refractivity contribution is 5.91. The van der Waals surface area contributed by atoms with Crippen LogP contribution in [-0.4, -0.2) is 27.9 Å². The van der Waals surface area contributed by atoms with Crippen LogP contribution >= 0.6 is 0 Å². The molecule has 0 N–H and O–H groups in total. The maximum Gasteiger partial charge on any atom is 0.338 e. The quantitative estimate of drug-likeness (QED) is 0.498. The zero-order valence-corrected chi connectivity index (χ0v) is 18.7. The van der Waals surface area contributed by atoms with Gasteiger partial charge >= 0.3 is 5.97 Å². The molecule has 0 bridgehead atoms. The van der Waals surface area contributed by atoms with E-state index in [0.717, 1.165) is 47.3 Å². The zero-order valence-electron chi connectivity index (χ0n) is 18.7. The number of piperidine rings is 1. The van der Waals surface area contributed by atoms with Gasteiger partial charge in [0.1, 0.15) is 5.82 Å². The van der Waals surface area contributed by atoms with E-state index in [4.69, 9.17) is 14.7 Å². The summed E-state index contributed by atoms with van der Waals surface area (Å²) in [5.74, 6) is -0.991. The Morgan fingerprint density at radius 2 is 1.62 bits per heavy atom. The molecule has 1 saturated heterocycles. The number of ether oxygens (including phenoxy) is 1. The minimum absolute atomic E-state index is 0.0620. The summed E-state index contributed by atoms with van der Waals surface area (Å²) in [5, 5.41) is 0. The first-order valence-corrected chi connectivity index (χ1v) is 10.9. The van der Waals surface area contributed by atoms with E-state index in [9.17, 15) is 9.18 Å². The van der Waals surface area contributed by atoms with Crippen molar-refractivity contribution in [2.45, 2.75) is 51.7 Å². The number of esters is 1. The number of hydrogen-bond acceptors (Lipinski definition) is 5. The summed E-state index contributed by atoms with van der Waals surface area (Å²) in [6.45, 7) is 4.62. The number of hydrogen-bond donors (Lipinski definition) is 0. The predicted molar refractivity (Wildman–Crippen MR) is 121 cm³/mol. The van der Waals surface area contributed by atoms with E-state index < -0.39 is 11.8 Å². The van der Waals surface area contributed by atoms with Gasteiger partial charge in [-0.05, 0) is 74.1 Å². The highest BCUT2D eigenvalue weighted by atomic mass is 19.1. The van der Waals surface area contributed by atoms with Crippen LogP contribution in [0.2, 0.25) is 0 Å². The van der Waals surface area contributed by atoms with Crippen LogP contribution in [-0.2, 0) is 11.3 Å². The number of carbonyl (C=O) groups is 1. The normalized spacial score (nSPS) is 19.0. The number of halogens is 1. The smallest absolute Gasteiger partial charge is 0.338 e. The second kappa shape index (κ2) is 9.57. The summed E-state index contributed by atoms with van der Waals surface area (Å²) in [7, 11) is 1.32. The molecule has 166 valence electrons. The maximum absolute atomic E-state index is 14.0. The summed E-state index contributed by atoms with van der Waals surface area (Å²) < 4.78 is 18.9. The Morgan fingerprint density at radius 3 is 2.16 bits per heavy atom. The van der Waals surface area contributed by atoms with Gasteiger partial charge in [-0.15, -0.1) is 0 Å². The number of methoxy groups -OCH3 is 1. The van der Waals surface area contributed by atoms with Crippen LogP contribution in [0.25, 0.3) is 0 Å². The highest BCUT2D eigenvalue weighted by Crippen LogP contribution is 2.43. The fourth-order valence-corrected chi connectivity index (χ4v) is 4.74. The Hall–Kier alpha value is -3.12. The number of carbonyl (C=O) groups excluding carboxylic acids is 1. The molecule has 1 aliphatic rings. The van der Waals surface area contributed by atoms with Crippen molar-refractivity contribution in [3.05, 3.63) is 94.3 Å². The first-order chi connectivity index (χ1) is 15.5. The lowest BCUT2D eigenvalue weighted by Crippen LogP contribution is -2.38. The van der Waals surface area contributed by atoms with Gasteiger partial charge in [-0.3, -0.25) is 14.9 Å². The Balaban J connectivity index is 1.81. The van der Waals surface area contributed by atoms with Gasteiger partial charge in [-0.2, -0.15) is 0 Å². The van der Waals surface area contributed by atoms with Crippen LogP contribution in [0, 0.1) is 19.7 Å². The maximum atomic E-state index is 14.0. The third-order valence-electron chi connectivity index (χ3n) is 6.32. The van der Waals surface area contributed by atoms with Crippen molar-refractivity contribution in [1.29, 1.82) is 0 Å². The number of aromatic nitrogens is 2. The number of benzene rings is 1. The van der Waals surface area contributed by atoms with E-state index in [2.05, 4.69) is 30.9 Å². The molecule has 32 heavy (non-hydrogen) atoms. The minimum atomic E-state index is -0.535. The molecule has 4 rings (SSSR count). The molecule has 0 amide bonds. The van der Waals surface area contributed by atoms with E-state index in [0.29, 0.717) is 6.54 Å². The summed E-state index contributed by atoms with van der Waals surface area (Å²) in [6, 6.07) is 12.5. The van der Waals surface area contributed by atoms with Crippen LogP contribution < -0.4 is 0 Å². The van der Waals surface area contributed by atoms with E-state index in [-0.39, 0.29) is 17.6 Å². The van der Waals surface area contributed by atoms with Gasteiger partial charge in [0.25, 0.3) is 0 Å². The van der Waals surface area contributed by atoms with Crippen molar-refractivity contribution in [2.75, 3.05) is 7.11 Å². The molecule has 1 fully saturated rings. The summed E-state index contributed by atoms with van der Waals surface area (Å²) in [4.78, 5) is 24.2. The van der Waals surface area contributed by atoms with Gasteiger partial charge in [-0.25, -0.2) is 9.18 Å². The third kappa shape index (κ3) is 4.41. The number of pyridine rings is 2. The number of rotatable bonds is 5. The van der Waals surface area contributed by atoms with Crippen molar-refractivity contribution in [2.24, 2.45) is 0 Å². The molecule has 1 aromatic carbocycles. The Morgan fingerprint density at radius 1 is 1.03 bits per heavy atom. The van der Waals surface area contributed by atoms with Crippen molar-refractivity contribution in [1.82, 2.24) is 14.9 Å². The molecule has 2 atom stereocenters. The van der Waals surface area contributed by atoms with E-state index in [1.165, 1.54) is 19.2 Å². The molecule has 0 spiro atoms. The molecule has 3 heterocycles. The van der Waals surface area contributed by atoms with Gasteiger partial charge < -0.3 is 4.74 Å². The predicted octanol–water partition coefficient (Wildman–Crippen LogP) is 5.49. The zero-order chi connectivity index (χ0) is 22.7. The molecular weight excluding hydrogens is 405 g/mol. The van der Waals surface area contributed by atoms with Crippen molar-refractivity contribution < 1.29 is 13.9 Å². The fraction of sp³-hybridized carbons (Fsp3) is 0.346. The Kier molecular flexibility index (Phi) is 6.61. The SMILES string of the molecule is COC(=O)c1cc(F)ccc1CN1[C@@H](c2ncccc2C)CCC[C@H]1c1ncccc1C. The van der Waals surface area contributed by atoms with Crippen LogP contribution in [0.15, 0.2) is 54.9 Å². The average Bonchev–Trinajstić information content (AvgIpc) is 2.81. The van der Waals surface area contributed by atoms with E-state index in [1.54, 1.807) is 6.07 Å². The first-order valence-electron chi connectivity index (χ1n) is 10.9. The van der Waals surface area contributed by atoms with Crippen molar-refractivity contribution in [3.63, 3.8) is 0 Å². The molecule has 3 aromatic rings. The lowest BCUT2D eigenvalue weighted by molar-refractivity contribution is 0.0573. The van der Waals surface area contributed by atoms with E-state index in [1.807, 2.05) is 24.5 Å². The summed E-state index contributed by atoms with van der Waals surface area (Å²) in [6.07, 6.45) is 6.61. The van der Waals surface area contributed by atoms with Gasteiger partial charge in [-0.1, -0.05) is 18.2 Å². The number of likely N-dealkylation sites (tertiary alicyclic amines) is 1. The standard InChI is InChI=1S/C26H28FN3O2/c1-17-7-5-13-28-24(17)22-9-4-10-23(25-18(2)8-6-14-29-25)30(22)16-19-11-12-20(27)15-21(19)26(31)32-3/h5-8,11-15,22-23H,4,9-10,16H2,1-3H3/t22-,23+. The van der Waals surface area contributed by atoms with Crippen LogP contribution in [0.3, 0.4) is 0 Å². The summed E-state index contributed by atoms with van der Waals surface area (Å²) in [5.41, 5.74) is 5.32. The monoisotopic (exact) mass is 433 g/mol. The second-order valence-electron chi connectivity index (χ2n) is 8.34. The van der Waals surface area contributed by atoms with Gasteiger partial charge in [0.2, 0.25) is 0 Å². The molecular formula is C26H28FN3O2. The van der Waals surface area contributed by atoms with Crippen LogP contribution in [0.1, 0.15) is 69.8 Å². The Labute approximate surface area is 188 Å². The van der Waals surface area contributed by atoms with Crippen LogP contribution in [0.5, 0.6) is 0 Å². The molecule has 5 nitrogen and oxygen atoms in total. The number of nitrogens with zero attached hydrogens (tertiary/aromatic N) is 3. The van der Waals surface area contributed by atoms with Crippen molar-refractivity contribution in [3.8, 4) is 0 Å². The minimum Gasteiger partial charge on any atom is -0.465 e. The molecule has 0 unspecified atom stereocenters. The molecule has 0 saturated carbocycles. The molecule has 1 aliphatic heterocycles. The second-order valence-corrected chi connectivity index (χ2v) is 8.34.